The summed E-state index contributed by atoms with van der Waals surface area (Å²) < 4.78 is 39.2. The highest BCUT2D eigenvalue weighted by atomic mass is 35.5. The van der Waals surface area contributed by atoms with Crippen molar-refractivity contribution >= 4 is 40.3 Å². The van der Waals surface area contributed by atoms with Gasteiger partial charge in [-0.05, 0) is 54.0 Å². The van der Waals surface area contributed by atoms with Crippen molar-refractivity contribution in [2.75, 3.05) is 0 Å². The van der Waals surface area contributed by atoms with E-state index >= 15 is 0 Å². The summed E-state index contributed by atoms with van der Waals surface area (Å²) in [6, 6.07) is 15.3. The highest BCUT2D eigenvalue weighted by molar-refractivity contribution is 7.17. The molecule has 0 aliphatic rings. The van der Waals surface area contributed by atoms with Gasteiger partial charge in [-0.25, -0.2) is 4.99 Å². The van der Waals surface area contributed by atoms with Gasteiger partial charge in [-0.2, -0.15) is 13.2 Å². The number of aliphatic imine (C=N–C) groups is 1. The molecule has 0 aliphatic carbocycles. The van der Waals surface area contributed by atoms with Crippen LogP contribution < -0.4 is 5.73 Å². The van der Waals surface area contributed by atoms with E-state index in [4.69, 9.17) is 22.4 Å². The number of carboxylic acids is 1. The fourth-order valence-corrected chi connectivity index (χ4v) is 4.20. The van der Waals surface area contributed by atoms with Gasteiger partial charge in [-0.3, -0.25) is 4.79 Å². The van der Waals surface area contributed by atoms with Crippen molar-refractivity contribution < 1.29 is 23.1 Å². The van der Waals surface area contributed by atoms with Gasteiger partial charge in [-0.1, -0.05) is 41.9 Å². The van der Waals surface area contributed by atoms with E-state index in [0.717, 1.165) is 22.1 Å². The minimum Gasteiger partial charge on any atom is -0.481 e. The highest BCUT2D eigenvalue weighted by Gasteiger charge is 2.32. The van der Waals surface area contributed by atoms with Crippen molar-refractivity contribution in [1.82, 2.24) is 0 Å². The molecule has 1 heterocycles. The Kier molecular flexibility index (Phi) is 7.06. The van der Waals surface area contributed by atoms with E-state index in [1.807, 2.05) is 6.92 Å². The van der Waals surface area contributed by atoms with Crippen molar-refractivity contribution in [3.63, 3.8) is 0 Å². The number of hydrogen-bond donors (Lipinski definition) is 2. The fraction of sp³-hybridized carbons (Fsp3) is 0.130. The zero-order chi connectivity index (χ0) is 23.5. The first-order valence-corrected chi connectivity index (χ1v) is 10.5. The van der Waals surface area contributed by atoms with Crippen LogP contribution in [-0.2, 0) is 11.2 Å². The van der Waals surface area contributed by atoms with Crippen LogP contribution in [0.3, 0.4) is 0 Å². The Labute approximate surface area is 191 Å². The van der Waals surface area contributed by atoms with Crippen molar-refractivity contribution in [3.05, 3.63) is 87.4 Å². The van der Waals surface area contributed by atoms with Gasteiger partial charge in [0.1, 0.15) is 5.70 Å². The number of carboxylic acid groups (broad SMARTS) is 1. The Hall–Kier alpha value is -3.10. The quantitative estimate of drug-likeness (QED) is 0.395. The molecule has 32 heavy (non-hydrogen) atoms. The topological polar surface area (TPSA) is 75.7 Å². The standard InChI is InChI=1S/C23H18ClF3N2O2S/c1-13-10-14(11-22(30)31)6-7-15(13)19-8-9-20(32-19)18(12-21(28)23(25,26)27)29-17-5-3-2-4-16(17)24/h2-10,12H,11,28H2,1H3,(H,30,31)/b21-12-,29-18?. The van der Waals surface area contributed by atoms with Crippen molar-refractivity contribution in [3.8, 4) is 10.4 Å². The lowest BCUT2D eigenvalue weighted by atomic mass is 10.0. The lowest BCUT2D eigenvalue weighted by molar-refractivity contribution is -0.136. The van der Waals surface area contributed by atoms with Gasteiger partial charge in [0.2, 0.25) is 0 Å². The van der Waals surface area contributed by atoms with Gasteiger partial charge in [0.25, 0.3) is 0 Å². The summed E-state index contributed by atoms with van der Waals surface area (Å²) in [5, 5.41) is 9.26. The number of carbonyl (C=O) groups is 1. The number of alkyl halides is 3. The van der Waals surface area contributed by atoms with Gasteiger partial charge in [0.15, 0.2) is 0 Å². The summed E-state index contributed by atoms with van der Waals surface area (Å²) in [7, 11) is 0. The summed E-state index contributed by atoms with van der Waals surface area (Å²) in [6.45, 7) is 1.85. The number of allylic oxidation sites excluding steroid dienone is 2. The van der Waals surface area contributed by atoms with Crippen LogP contribution in [0.1, 0.15) is 16.0 Å². The number of thiophene rings is 1. The van der Waals surface area contributed by atoms with E-state index in [9.17, 15) is 18.0 Å². The number of para-hydroxylation sites is 1. The van der Waals surface area contributed by atoms with Crippen LogP contribution in [0.5, 0.6) is 0 Å². The number of rotatable bonds is 6. The number of hydrogen-bond acceptors (Lipinski definition) is 4. The highest BCUT2D eigenvalue weighted by Crippen LogP contribution is 2.34. The molecule has 3 N–H and O–H groups in total. The Morgan fingerprint density at radius 1 is 1.19 bits per heavy atom. The predicted octanol–water partition coefficient (Wildman–Crippen LogP) is 6.53. The van der Waals surface area contributed by atoms with Crippen molar-refractivity contribution in [1.29, 1.82) is 0 Å². The van der Waals surface area contributed by atoms with Crippen LogP contribution in [0.2, 0.25) is 5.02 Å². The Morgan fingerprint density at radius 3 is 2.53 bits per heavy atom. The molecule has 0 unspecified atom stereocenters. The fourth-order valence-electron chi connectivity index (χ4n) is 2.97. The smallest absolute Gasteiger partial charge is 0.430 e. The average molecular weight is 479 g/mol. The molecule has 4 nitrogen and oxygen atoms in total. The predicted molar refractivity (Wildman–Crippen MR) is 122 cm³/mol. The molecule has 0 saturated carbocycles. The first kappa shape index (κ1) is 23.6. The van der Waals surface area contributed by atoms with Crippen LogP contribution in [0.15, 0.2) is 71.4 Å². The molecular formula is C23H18ClF3N2O2S. The zero-order valence-corrected chi connectivity index (χ0v) is 18.4. The molecule has 2 aromatic carbocycles. The zero-order valence-electron chi connectivity index (χ0n) is 16.8. The second-order valence-corrected chi connectivity index (χ2v) is 8.42. The largest absolute Gasteiger partial charge is 0.481 e. The molecular weight excluding hydrogens is 461 g/mol. The number of nitrogens with two attached hydrogens (primary N) is 1. The molecule has 1 aromatic heterocycles. The molecule has 0 spiro atoms. The summed E-state index contributed by atoms with van der Waals surface area (Å²) >= 11 is 7.38. The maximum atomic E-state index is 13.1. The number of aryl methyl sites for hydroxylation is 1. The normalized spacial score (nSPS) is 12.8. The van der Waals surface area contributed by atoms with Gasteiger partial charge < -0.3 is 10.8 Å². The van der Waals surface area contributed by atoms with Gasteiger partial charge in [-0.15, -0.1) is 11.3 Å². The van der Waals surface area contributed by atoms with E-state index in [1.165, 1.54) is 11.3 Å². The third-order valence-corrected chi connectivity index (χ3v) is 5.94. The molecule has 0 amide bonds. The molecule has 0 radical (unpaired) electrons. The third kappa shape index (κ3) is 5.77. The van der Waals surface area contributed by atoms with Crippen LogP contribution in [0.4, 0.5) is 18.9 Å². The number of aliphatic carboxylic acids is 1. The molecule has 0 fully saturated rings. The van der Waals surface area contributed by atoms with Crippen molar-refractivity contribution in [2.24, 2.45) is 10.7 Å². The molecule has 166 valence electrons. The Balaban J connectivity index is 2.05. The lowest BCUT2D eigenvalue weighted by Crippen LogP contribution is -2.20. The average Bonchev–Trinajstić information content (AvgIpc) is 3.17. The first-order chi connectivity index (χ1) is 15.0. The van der Waals surface area contributed by atoms with E-state index in [1.54, 1.807) is 54.6 Å². The first-order valence-electron chi connectivity index (χ1n) is 9.34. The summed E-state index contributed by atoms with van der Waals surface area (Å²) in [4.78, 5) is 16.5. The van der Waals surface area contributed by atoms with E-state index in [-0.39, 0.29) is 12.1 Å². The SMILES string of the molecule is Cc1cc(CC(=O)O)ccc1-c1ccc(C(/C=C(\N)C(F)(F)F)=Nc2ccccc2Cl)s1. The maximum Gasteiger partial charge on any atom is 0.430 e. The monoisotopic (exact) mass is 478 g/mol. The molecule has 0 aliphatic heterocycles. The summed E-state index contributed by atoms with van der Waals surface area (Å²) in [5.74, 6) is -0.926. The van der Waals surface area contributed by atoms with E-state index in [2.05, 4.69) is 4.99 Å². The Morgan fingerprint density at radius 2 is 1.91 bits per heavy atom. The second kappa shape index (κ2) is 9.58. The molecule has 9 heteroatoms. The molecule has 3 rings (SSSR count). The summed E-state index contributed by atoms with van der Waals surface area (Å²) in [6.07, 6.45) is -3.99. The van der Waals surface area contributed by atoms with Gasteiger partial charge in [0, 0.05) is 4.88 Å². The van der Waals surface area contributed by atoms with E-state index in [0.29, 0.717) is 21.2 Å². The van der Waals surface area contributed by atoms with Crippen LogP contribution in [-0.4, -0.2) is 23.0 Å². The third-order valence-electron chi connectivity index (χ3n) is 4.48. The van der Waals surface area contributed by atoms with Crippen LogP contribution in [0.25, 0.3) is 10.4 Å². The van der Waals surface area contributed by atoms with Crippen LogP contribution in [0, 0.1) is 6.92 Å². The minimum atomic E-state index is -4.70. The maximum absolute atomic E-state index is 13.1. The number of benzene rings is 2. The molecule has 0 bridgehead atoms. The van der Waals surface area contributed by atoms with Crippen molar-refractivity contribution in [2.45, 2.75) is 19.5 Å². The lowest BCUT2D eigenvalue weighted by Gasteiger charge is -2.08. The van der Waals surface area contributed by atoms with Crippen LogP contribution >= 0.6 is 22.9 Å². The summed E-state index contributed by atoms with van der Waals surface area (Å²) in [5.41, 5.74) is 6.70. The van der Waals surface area contributed by atoms with Gasteiger partial charge >= 0.3 is 12.1 Å². The van der Waals surface area contributed by atoms with E-state index < -0.39 is 17.8 Å². The molecule has 3 aromatic rings. The molecule has 0 atom stereocenters. The molecule has 0 saturated heterocycles. The Bertz CT molecular complexity index is 1220. The number of nitrogens with zero attached hydrogens (tertiary/aromatic N) is 1. The minimum absolute atomic E-state index is 0.0318. The number of halogens is 4. The van der Waals surface area contributed by atoms with Gasteiger partial charge in [0.05, 0.1) is 27.7 Å². The second-order valence-electron chi connectivity index (χ2n) is 6.93.